The summed E-state index contributed by atoms with van der Waals surface area (Å²) in [6, 6.07) is 17.3. The molecule has 0 aliphatic carbocycles. The molecule has 3 heteroatoms. The number of carbonyl (C=O) groups is 1. The molecule has 0 radical (unpaired) electrons. The van der Waals surface area contributed by atoms with Crippen molar-refractivity contribution in [2.75, 3.05) is 17.7 Å². The van der Waals surface area contributed by atoms with Crippen molar-refractivity contribution in [1.82, 2.24) is 0 Å². The van der Waals surface area contributed by atoms with Gasteiger partial charge in [0.15, 0.2) is 0 Å². The van der Waals surface area contributed by atoms with E-state index in [2.05, 4.69) is 0 Å². The third-order valence-corrected chi connectivity index (χ3v) is 3.54. The molecular weight excluding hydrogens is 248 g/mol. The molecule has 0 spiro atoms. The van der Waals surface area contributed by atoms with Crippen molar-refractivity contribution in [1.29, 1.82) is 0 Å². The zero-order valence-corrected chi connectivity index (χ0v) is 11.9. The Morgan fingerprint density at radius 1 is 1.10 bits per heavy atom. The fraction of sp³-hybridized carbons (Fsp3) is 0.235. The minimum Gasteiger partial charge on any atom is -0.397 e. The number of para-hydroxylation sites is 2. The van der Waals surface area contributed by atoms with Crippen molar-refractivity contribution in [3.8, 4) is 0 Å². The molecule has 2 rings (SSSR count). The normalized spacial score (nSPS) is 11.9. The maximum Gasteiger partial charge on any atom is 0.234 e. The van der Waals surface area contributed by atoms with E-state index >= 15 is 0 Å². The number of anilines is 2. The van der Waals surface area contributed by atoms with Gasteiger partial charge in [-0.3, -0.25) is 4.79 Å². The van der Waals surface area contributed by atoms with Crippen molar-refractivity contribution >= 4 is 17.3 Å². The number of carbonyl (C=O) groups excluding carboxylic acids is 1. The molecule has 104 valence electrons. The Labute approximate surface area is 120 Å². The first-order valence-electron chi connectivity index (χ1n) is 6.82. The second kappa shape index (κ2) is 6.24. The monoisotopic (exact) mass is 268 g/mol. The minimum absolute atomic E-state index is 0.0663. The van der Waals surface area contributed by atoms with Gasteiger partial charge in [-0.25, -0.2) is 0 Å². The highest BCUT2D eigenvalue weighted by Gasteiger charge is 2.23. The van der Waals surface area contributed by atoms with Crippen molar-refractivity contribution in [2.24, 2.45) is 0 Å². The molecule has 0 saturated heterocycles. The lowest BCUT2D eigenvalue weighted by Gasteiger charge is -2.24. The number of nitrogen functional groups attached to an aromatic ring is 1. The standard InChI is InChI=1S/C17H20N2O/c1-3-14(13-9-5-4-6-10-13)17(20)19(2)16-12-8-7-11-15(16)18/h4-12,14H,3,18H2,1-2H3. The Kier molecular flexibility index (Phi) is 4.41. The van der Waals surface area contributed by atoms with Crippen LogP contribution in [0.2, 0.25) is 0 Å². The zero-order valence-electron chi connectivity index (χ0n) is 11.9. The predicted molar refractivity (Wildman–Crippen MR) is 83.7 cm³/mol. The third-order valence-electron chi connectivity index (χ3n) is 3.54. The number of rotatable bonds is 4. The van der Waals surface area contributed by atoms with E-state index in [4.69, 9.17) is 5.73 Å². The van der Waals surface area contributed by atoms with Gasteiger partial charge < -0.3 is 10.6 Å². The molecule has 2 aromatic rings. The van der Waals surface area contributed by atoms with E-state index in [0.29, 0.717) is 5.69 Å². The number of nitrogens with zero attached hydrogens (tertiary/aromatic N) is 1. The van der Waals surface area contributed by atoms with Crippen molar-refractivity contribution in [2.45, 2.75) is 19.3 Å². The van der Waals surface area contributed by atoms with E-state index in [-0.39, 0.29) is 11.8 Å². The van der Waals surface area contributed by atoms with Crippen LogP contribution in [-0.2, 0) is 4.79 Å². The van der Waals surface area contributed by atoms with Crippen LogP contribution in [0.15, 0.2) is 54.6 Å². The van der Waals surface area contributed by atoms with Gasteiger partial charge >= 0.3 is 0 Å². The van der Waals surface area contributed by atoms with Crippen molar-refractivity contribution in [3.63, 3.8) is 0 Å². The van der Waals surface area contributed by atoms with E-state index in [1.54, 1.807) is 11.9 Å². The molecule has 0 fully saturated rings. The summed E-state index contributed by atoms with van der Waals surface area (Å²) >= 11 is 0. The Hall–Kier alpha value is -2.29. The molecule has 20 heavy (non-hydrogen) atoms. The Bertz CT molecular complexity index is 581. The zero-order chi connectivity index (χ0) is 14.5. The average Bonchev–Trinajstić information content (AvgIpc) is 2.49. The lowest BCUT2D eigenvalue weighted by atomic mass is 9.95. The summed E-state index contributed by atoms with van der Waals surface area (Å²) in [5, 5.41) is 0. The van der Waals surface area contributed by atoms with Crippen LogP contribution in [-0.4, -0.2) is 13.0 Å². The van der Waals surface area contributed by atoms with Crippen LogP contribution < -0.4 is 10.6 Å². The van der Waals surface area contributed by atoms with Gasteiger partial charge in [-0.05, 0) is 24.1 Å². The molecule has 3 nitrogen and oxygen atoms in total. The van der Waals surface area contributed by atoms with Crippen molar-refractivity contribution in [3.05, 3.63) is 60.2 Å². The Morgan fingerprint density at radius 2 is 1.70 bits per heavy atom. The second-order valence-corrected chi connectivity index (χ2v) is 4.83. The summed E-state index contributed by atoms with van der Waals surface area (Å²) < 4.78 is 0. The number of hydrogen-bond donors (Lipinski definition) is 1. The largest absolute Gasteiger partial charge is 0.397 e. The lowest BCUT2D eigenvalue weighted by Crippen LogP contribution is -2.32. The molecule has 0 aliphatic rings. The quantitative estimate of drug-likeness (QED) is 0.864. The van der Waals surface area contributed by atoms with Gasteiger partial charge in [-0.2, -0.15) is 0 Å². The maximum absolute atomic E-state index is 12.7. The number of amides is 1. The van der Waals surface area contributed by atoms with Gasteiger partial charge in [-0.15, -0.1) is 0 Å². The molecule has 0 heterocycles. The van der Waals surface area contributed by atoms with Gasteiger partial charge in [0.2, 0.25) is 5.91 Å². The number of nitrogens with two attached hydrogens (primary N) is 1. The fourth-order valence-electron chi connectivity index (χ4n) is 2.38. The molecule has 0 saturated carbocycles. The second-order valence-electron chi connectivity index (χ2n) is 4.83. The van der Waals surface area contributed by atoms with Crippen LogP contribution in [0.5, 0.6) is 0 Å². The highest BCUT2D eigenvalue weighted by atomic mass is 16.2. The first kappa shape index (κ1) is 14.1. The Balaban J connectivity index is 2.28. The smallest absolute Gasteiger partial charge is 0.234 e. The summed E-state index contributed by atoms with van der Waals surface area (Å²) in [7, 11) is 1.78. The summed E-state index contributed by atoms with van der Waals surface area (Å²) in [6.45, 7) is 2.03. The number of likely N-dealkylation sites (N-methyl/N-ethyl adjacent to an activating group) is 1. The van der Waals surface area contributed by atoms with Gasteiger partial charge in [0.1, 0.15) is 0 Å². The highest BCUT2D eigenvalue weighted by molar-refractivity contribution is 5.99. The molecule has 2 aromatic carbocycles. The van der Waals surface area contributed by atoms with E-state index < -0.39 is 0 Å². The van der Waals surface area contributed by atoms with Crippen LogP contribution in [0.1, 0.15) is 24.8 Å². The Morgan fingerprint density at radius 3 is 2.30 bits per heavy atom. The molecule has 1 unspecified atom stereocenters. The molecule has 2 N–H and O–H groups in total. The van der Waals surface area contributed by atoms with Crippen LogP contribution >= 0.6 is 0 Å². The van der Waals surface area contributed by atoms with E-state index in [1.165, 1.54) is 0 Å². The fourth-order valence-corrected chi connectivity index (χ4v) is 2.38. The summed E-state index contributed by atoms with van der Waals surface area (Å²) in [5.41, 5.74) is 8.36. The molecule has 0 aromatic heterocycles. The molecule has 1 atom stereocenters. The average molecular weight is 268 g/mol. The van der Waals surface area contributed by atoms with E-state index in [9.17, 15) is 4.79 Å². The minimum atomic E-state index is -0.138. The van der Waals surface area contributed by atoms with Gasteiger partial charge in [0, 0.05) is 7.05 Å². The van der Waals surface area contributed by atoms with Crippen LogP contribution in [0, 0.1) is 0 Å². The highest BCUT2D eigenvalue weighted by Crippen LogP contribution is 2.27. The van der Waals surface area contributed by atoms with Crippen LogP contribution in [0.3, 0.4) is 0 Å². The van der Waals surface area contributed by atoms with Crippen molar-refractivity contribution < 1.29 is 4.79 Å². The molecule has 0 bridgehead atoms. The molecule has 1 amide bonds. The molecule has 0 aliphatic heterocycles. The van der Waals surface area contributed by atoms with Gasteiger partial charge in [0.05, 0.1) is 17.3 Å². The summed E-state index contributed by atoms with van der Waals surface area (Å²) in [4.78, 5) is 14.3. The third kappa shape index (κ3) is 2.82. The first-order chi connectivity index (χ1) is 9.65. The summed E-state index contributed by atoms with van der Waals surface area (Å²) in [6.07, 6.45) is 0.764. The van der Waals surface area contributed by atoms with Crippen LogP contribution in [0.25, 0.3) is 0 Å². The number of benzene rings is 2. The molecular formula is C17H20N2O. The summed E-state index contributed by atoms with van der Waals surface area (Å²) in [5.74, 6) is -0.0718. The van der Waals surface area contributed by atoms with E-state index in [0.717, 1.165) is 17.7 Å². The van der Waals surface area contributed by atoms with Crippen LogP contribution in [0.4, 0.5) is 11.4 Å². The number of hydrogen-bond acceptors (Lipinski definition) is 2. The predicted octanol–water partition coefficient (Wildman–Crippen LogP) is 3.43. The lowest BCUT2D eigenvalue weighted by molar-refractivity contribution is -0.119. The first-order valence-corrected chi connectivity index (χ1v) is 6.82. The topological polar surface area (TPSA) is 46.3 Å². The van der Waals surface area contributed by atoms with Gasteiger partial charge in [0.25, 0.3) is 0 Å². The van der Waals surface area contributed by atoms with E-state index in [1.807, 2.05) is 61.5 Å². The maximum atomic E-state index is 12.7. The van der Waals surface area contributed by atoms with Gasteiger partial charge in [-0.1, -0.05) is 49.4 Å². The SMILES string of the molecule is CCC(C(=O)N(C)c1ccccc1N)c1ccccc1.